The first kappa shape index (κ1) is 7.35. The molecule has 1 aromatic carbocycles. The van der Waals surface area contributed by atoms with Crippen LogP contribution in [0.3, 0.4) is 0 Å². The maximum atomic E-state index is 3.76. The Hall–Kier alpha value is -0.757. The molecule has 0 atom stereocenters. The Kier molecular flexibility index (Phi) is 2.12. The number of aromatic nitrogens is 3. The summed E-state index contributed by atoms with van der Waals surface area (Å²) in [6.07, 6.45) is 0. The van der Waals surface area contributed by atoms with E-state index in [0.29, 0.717) is 0 Å². The van der Waals surface area contributed by atoms with E-state index in [-0.39, 0.29) is 19.5 Å². The van der Waals surface area contributed by atoms with Gasteiger partial charge in [-0.15, -0.1) is 0 Å². The van der Waals surface area contributed by atoms with Gasteiger partial charge in [-0.25, -0.2) is 0 Å². The number of benzene rings is 1. The third-order valence-corrected chi connectivity index (χ3v) is 1.19. The molecular weight excluding hydrogens is 217 g/mol. The van der Waals surface area contributed by atoms with Gasteiger partial charge in [0.05, 0.1) is 0 Å². The van der Waals surface area contributed by atoms with E-state index in [1.807, 2.05) is 24.3 Å². The van der Waals surface area contributed by atoms with Crippen LogP contribution in [0.2, 0.25) is 0 Å². The number of nitrogens with zero attached hydrogens (tertiary/aromatic N) is 3. The van der Waals surface area contributed by atoms with E-state index in [1.54, 1.807) is 0 Å². The Balaban J connectivity index is 0.000000500. The zero-order valence-corrected chi connectivity index (χ0v) is 6.62. The predicted octanol–water partition coefficient (Wildman–Crippen LogP) is 0.584. The summed E-state index contributed by atoms with van der Waals surface area (Å²) in [5.41, 5.74) is 1.72. The van der Waals surface area contributed by atoms with Gasteiger partial charge in [0, 0.05) is 19.5 Å². The van der Waals surface area contributed by atoms with Crippen LogP contribution in [0.15, 0.2) is 24.3 Å². The molecule has 0 aliphatic heterocycles. The van der Waals surface area contributed by atoms with Gasteiger partial charge in [0.2, 0.25) is 0 Å². The van der Waals surface area contributed by atoms with Crippen LogP contribution in [-0.2, 0) is 19.5 Å². The van der Waals surface area contributed by atoms with E-state index in [4.69, 9.17) is 0 Å². The van der Waals surface area contributed by atoms with E-state index in [9.17, 15) is 0 Å². The first-order chi connectivity index (χ1) is 4.47. The van der Waals surface area contributed by atoms with Crippen LogP contribution >= 0.6 is 0 Å². The zero-order chi connectivity index (χ0) is 6.10. The predicted molar refractivity (Wildman–Crippen MR) is 32.9 cm³/mol. The van der Waals surface area contributed by atoms with Crippen LogP contribution < -0.4 is 5.10 Å². The van der Waals surface area contributed by atoms with Crippen LogP contribution in [0.5, 0.6) is 0 Å². The Morgan fingerprint density at radius 1 is 1.20 bits per heavy atom. The van der Waals surface area contributed by atoms with Crippen LogP contribution in [0.25, 0.3) is 11.0 Å². The molecule has 0 spiro atoms. The fraction of sp³-hybridized carbons (Fsp3) is 0. The second-order valence-corrected chi connectivity index (χ2v) is 1.78. The number of fused-ring (bicyclic) bond motifs is 1. The average molecular weight is 221 g/mol. The molecule has 0 fully saturated rings. The first-order valence-corrected chi connectivity index (χ1v) is 2.67. The van der Waals surface area contributed by atoms with Crippen LogP contribution in [0.4, 0.5) is 0 Å². The van der Waals surface area contributed by atoms with Gasteiger partial charge >= 0.3 is 0 Å². The zero-order valence-electron chi connectivity index (χ0n) is 4.98. The van der Waals surface area contributed by atoms with Crippen LogP contribution in [0, 0.1) is 0 Å². The van der Waals surface area contributed by atoms with Crippen molar-refractivity contribution in [2.24, 2.45) is 0 Å². The second-order valence-electron chi connectivity index (χ2n) is 1.78. The van der Waals surface area contributed by atoms with E-state index < -0.39 is 0 Å². The molecule has 3 nitrogen and oxygen atoms in total. The van der Waals surface area contributed by atoms with E-state index in [1.165, 1.54) is 0 Å². The molecule has 0 saturated heterocycles. The summed E-state index contributed by atoms with van der Waals surface area (Å²) in [6, 6.07) is 7.60. The monoisotopic (exact) mass is 221 g/mol. The van der Waals surface area contributed by atoms with Gasteiger partial charge in [-0.05, 0) is 11.0 Å². The molecule has 0 aliphatic rings. The third-order valence-electron chi connectivity index (χ3n) is 1.19. The van der Waals surface area contributed by atoms with Gasteiger partial charge in [0.15, 0.2) is 0 Å². The van der Waals surface area contributed by atoms with Gasteiger partial charge < -0.3 is 10.2 Å². The molecule has 2 aromatic rings. The van der Waals surface area contributed by atoms with Crippen molar-refractivity contribution in [2.75, 3.05) is 0 Å². The summed E-state index contributed by atoms with van der Waals surface area (Å²) in [7, 11) is 0. The fourth-order valence-electron chi connectivity index (χ4n) is 0.752. The maximum absolute atomic E-state index is 3.76. The summed E-state index contributed by atoms with van der Waals surface area (Å²) < 4.78 is 0. The normalized spacial score (nSPS) is 9.20. The largest absolute Gasteiger partial charge is 0.350 e. The quantitative estimate of drug-likeness (QED) is 0.611. The second kappa shape index (κ2) is 2.89. The van der Waals surface area contributed by atoms with Gasteiger partial charge in [-0.3, -0.25) is 5.21 Å². The summed E-state index contributed by atoms with van der Waals surface area (Å²) in [4.78, 5) is 0. The van der Waals surface area contributed by atoms with Crippen LogP contribution in [-0.4, -0.2) is 10.3 Å². The standard InChI is InChI=1S/C6H4N3.Rh/c1-2-4-6-5(3-1)7-9-8-6;/h1-4H;/q-1;. The minimum atomic E-state index is 0. The van der Waals surface area contributed by atoms with Crippen LogP contribution in [0.1, 0.15) is 0 Å². The minimum Gasteiger partial charge on any atom is -0.350 e. The molecule has 4 heteroatoms. The average Bonchev–Trinajstić information content (AvgIpc) is 2.33. The molecule has 1 aromatic heterocycles. The molecule has 0 amide bonds. The maximum Gasteiger partial charge on any atom is 0 e. The van der Waals surface area contributed by atoms with Gasteiger partial charge in [-0.1, -0.05) is 24.3 Å². The number of hydrogen-bond acceptors (Lipinski definition) is 2. The summed E-state index contributed by atoms with van der Waals surface area (Å²) in [6.45, 7) is 0. The molecule has 1 radical (unpaired) electrons. The molecule has 10 heavy (non-hydrogen) atoms. The molecule has 0 N–H and O–H groups in total. The van der Waals surface area contributed by atoms with Gasteiger partial charge in [0.25, 0.3) is 0 Å². The van der Waals surface area contributed by atoms with E-state index in [2.05, 4.69) is 15.4 Å². The Morgan fingerprint density at radius 3 is 2.80 bits per heavy atom. The van der Waals surface area contributed by atoms with Gasteiger partial charge in [-0.2, -0.15) is 0 Å². The Morgan fingerprint density at radius 2 is 2.00 bits per heavy atom. The molecular formula is C6H4N3Rh-. The Labute approximate surface area is 70.6 Å². The SMILES string of the molecule is [Rh].c1ccc2[n-]nnc2c1. The topological polar surface area (TPSA) is 39.9 Å². The minimum absolute atomic E-state index is 0. The van der Waals surface area contributed by atoms with Gasteiger partial charge in [0.1, 0.15) is 0 Å². The summed E-state index contributed by atoms with van der Waals surface area (Å²) in [5, 5.41) is 11.0. The molecule has 1 heterocycles. The van der Waals surface area contributed by atoms with Crippen molar-refractivity contribution in [3.05, 3.63) is 24.3 Å². The molecule has 53 valence electrons. The van der Waals surface area contributed by atoms with E-state index >= 15 is 0 Å². The smallest absolute Gasteiger partial charge is 0 e. The third kappa shape index (κ3) is 1.07. The summed E-state index contributed by atoms with van der Waals surface area (Å²) >= 11 is 0. The van der Waals surface area contributed by atoms with Crippen molar-refractivity contribution in [2.45, 2.75) is 0 Å². The van der Waals surface area contributed by atoms with Crippen molar-refractivity contribution in [1.82, 2.24) is 15.4 Å². The molecule has 0 bridgehead atoms. The summed E-state index contributed by atoms with van der Waals surface area (Å²) in [5.74, 6) is 0. The van der Waals surface area contributed by atoms with Crippen molar-refractivity contribution in [1.29, 1.82) is 0 Å². The van der Waals surface area contributed by atoms with Crippen molar-refractivity contribution >= 4 is 11.0 Å². The fourth-order valence-corrected chi connectivity index (χ4v) is 0.752. The van der Waals surface area contributed by atoms with Crippen molar-refractivity contribution < 1.29 is 19.5 Å². The van der Waals surface area contributed by atoms with E-state index in [0.717, 1.165) is 11.0 Å². The molecule has 0 aliphatic carbocycles. The molecule has 0 unspecified atom stereocenters. The van der Waals surface area contributed by atoms with Crippen molar-refractivity contribution in [3.8, 4) is 0 Å². The Bertz CT molecular complexity index is 287. The molecule has 0 saturated carbocycles. The number of hydrogen-bond donors (Lipinski definition) is 0. The van der Waals surface area contributed by atoms with Crippen molar-refractivity contribution in [3.63, 3.8) is 0 Å². The molecule has 2 rings (SSSR count). The first-order valence-electron chi connectivity index (χ1n) is 2.67. The number of rotatable bonds is 0.